The number of rotatable bonds is 7. The number of esters is 1. The SMILES string of the molecule is C/C=C(\C)CCC/C=C(\C)OC(=O)Cc1ccccc1. The van der Waals surface area contributed by atoms with Gasteiger partial charge in [-0.15, -0.1) is 0 Å². The van der Waals surface area contributed by atoms with E-state index in [1.807, 2.05) is 43.3 Å². The summed E-state index contributed by atoms with van der Waals surface area (Å²) in [5.41, 5.74) is 2.38. The van der Waals surface area contributed by atoms with Crippen LogP contribution >= 0.6 is 0 Å². The van der Waals surface area contributed by atoms with Gasteiger partial charge in [0.05, 0.1) is 6.42 Å². The Balaban J connectivity index is 2.30. The molecule has 0 bridgehead atoms. The van der Waals surface area contributed by atoms with E-state index >= 15 is 0 Å². The van der Waals surface area contributed by atoms with E-state index in [2.05, 4.69) is 19.9 Å². The standard InChI is InChI=1S/C18H24O2/c1-4-15(2)10-8-9-11-16(3)20-18(19)14-17-12-6-5-7-13-17/h4-7,11-13H,8-10,14H2,1-3H3/b15-4+,16-11+. The molecule has 0 aliphatic heterocycles. The first-order valence-electron chi connectivity index (χ1n) is 7.15. The van der Waals surface area contributed by atoms with Gasteiger partial charge in [0.25, 0.3) is 0 Å². The number of hydrogen-bond donors (Lipinski definition) is 0. The second-order valence-electron chi connectivity index (χ2n) is 4.98. The quantitative estimate of drug-likeness (QED) is 0.308. The molecule has 2 heteroatoms. The van der Waals surface area contributed by atoms with Gasteiger partial charge in [0.15, 0.2) is 0 Å². The second-order valence-corrected chi connectivity index (χ2v) is 4.98. The van der Waals surface area contributed by atoms with Crippen LogP contribution in [-0.4, -0.2) is 5.97 Å². The van der Waals surface area contributed by atoms with Gasteiger partial charge in [-0.3, -0.25) is 4.79 Å². The maximum Gasteiger partial charge on any atom is 0.315 e. The first-order chi connectivity index (χ1) is 9.61. The van der Waals surface area contributed by atoms with Crippen molar-refractivity contribution < 1.29 is 9.53 Å². The molecular weight excluding hydrogens is 248 g/mol. The van der Waals surface area contributed by atoms with Gasteiger partial charge in [0.2, 0.25) is 0 Å². The van der Waals surface area contributed by atoms with Gasteiger partial charge in [-0.25, -0.2) is 0 Å². The highest BCUT2D eigenvalue weighted by Gasteiger charge is 2.05. The molecule has 108 valence electrons. The van der Waals surface area contributed by atoms with Crippen molar-refractivity contribution in [2.75, 3.05) is 0 Å². The number of carbonyl (C=O) groups is 1. The predicted molar refractivity (Wildman–Crippen MR) is 83.3 cm³/mol. The highest BCUT2D eigenvalue weighted by molar-refractivity contribution is 5.73. The Kier molecular flexibility index (Phi) is 7.41. The van der Waals surface area contributed by atoms with Crippen molar-refractivity contribution in [3.8, 4) is 0 Å². The fourth-order valence-electron chi connectivity index (χ4n) is 1.85. The Morgan fingerprint density at radius 3 is 2.55 bits per heavy atom. The molecule has 1 aromatic rings. The molecule has 20 heavy (non-hydrogen) atoms. The maximum absolute atomic E-state index is 11.7. The zero-order valence-corrected chi connectivity index (χ0v) is 12.7. The molecule has 0 radical (unpaired) electrons. The van der Waals surface area contributed by atoms with Gasteiger partial charge in [-0.1, -0.05) is 42.0 Å². The zero-order chi connectivity index (χ0) is 14.8. The van der Waals surface area contributed by atoms with E-state index in [0.717, 1.165) is 24.8 Å². The fourth-order valence-corrected chi connectivity index (χ4v) is 1.85. The molecule has 0 aromatic heterocycles. The first-order valence-corrected chi connectivity index (χ1v) is 7.15. The van der Waals surface area contributed by atoms with Crippen molar-refractivity contribution in [3.05, 3.63) is 59.4 Å². The van der Waals surface area contributed by atoms with Gasteiger partial charge in [-0.05, 0) is 51.7 Å². The number of benzene rings is 1. The summed E-state index contributed by atoms with van der Waals surface area (Å²) in [6.07, 6.45) is 7.57. The van der Waals surface area contributed by atoms with Gasteiger partial charge in [0, 0.05) is 0 Å². The average molecular weight is 272 g/mol. The molecule has 0 aliphatic carbocycles. The Morgan fingerprint density at radius 2 is 1.90 bits per heavy atom. The Labute approximate surface area is 122 Å². The Morgan fingerprint density at radius 1 is 1.20 bits per heavy atom. The zero-order valence-electron chi connectivity index (χ0n) is 12.7. The average Bonchev–Trinajstić information content (AvgIpc) is 2.44. The van der Waals surface area contributed by atoms with Crippen molar-refractivity contribution in [1.29, 1.82) is 0 Å². The molecule has 2 nitrogen and oxygen atoms in total. The van der Waals surface area contributed by atoms with Crippen LogP contribution in [0.2, 0.25) is 0 Å². The highest BCUT2D eigenvalue weighted by atomic mass is 16.5. The lowest BCUT2D eigenvalue weighted by atomic mass is 10.1. The smallest absolute Gasteiger partial charge is 0.315 e. The van der Waals surface area contributed by atoms with Crippen LogP contribution in [0.25, 0.3) is 0 Å². The first kappa shape index (κ1) is 16.2. The van der Waals surface area contributed by atoms with E-state index < -0.39 is 0 Å². The predicted octanol–water partition coefficient (Wildman–Crippen LogP) is 4.81. The van der Waals surface area contributed by atoms with E-state index in [-0.39, 0.29) is 5.97 Å². The number of carbonyl (C=O) groups excluding carboxylic acids is 1. The van der Waals surface area contributed by atoms with Crippen LogP contribution in [0.4, 0.5) is 0 Å². The lowest BCUT2D eigenvalue weighted by molar-refractivity contribution is -0.138. The van der Waals surface area contributed by atoms with E-state index in [9.17, 15) is 4.79 Å². The largest absolute Gasteiger partial charge is 0.431 e. The molecule has 0 N–H and O–H groups in total. The van der Waals surface area contributed by atoms with E-state index in [1.165, 1.54) is 5.57 Å². The third kappa shape index (κ3) is 6.93. The molecule has 0 heterocycles. The number of allylic oxidation sites excluding steroid dienone is 4. The molecular formula is C18H24O2. The molecule has 0 spiro atoms. The van der Waals surface area contributed by atoms with E-state index in [1.54, 1.807) is 0 Å². The topological polar surface area (TPSA) is 26.3 Å². The number of hydrogen-bond acceptors (Lipinski definition) is 2. The summed E-state index contributed by atoms with van der Waals surface area (Å²) in [6, 6.07) is 9.65. The van der Waals surface area contributed by atoms with Crippen LogP contribution in [-0.2, 0) is 16.0 Å². The monoisotopic (exact) mass is 272 g/mol. The Hall–Kier alpha value is -1.83. The lowest BCUT2D eigenvalue weighted by Gasteiger charge is -2.05. The maximum atomic E-state index is 11.7. The Bertz CT molecular complexity index is 469. The molecule has 0 unspecified atom stereocenters. The summed E-state index contributed by atoms with van der Waals surface area (Å²) in [5.74, 6) is 0.499. The molecule has 1 aromatic carbocycles. The highest BCUT2D eigenvalue weighted by Crippen LogP contribution is 2.09. The van der Waals surface area contributed by atoms with Crippen molar-refractivity contribution in [3.63, 3.8) is 0 Å². The van der Waals surface area contributed by atoms with Crippen molar-refractivity contribution in [1.82, 2.24) is 0 Å². The minimum atomic E-state index is -0.199. The van der Waals surface area contributed by atoms with Gasteiger partial charge >= 0.3 is 5.97 Å². The summed E-state index contributed by atoms with van der Waals surface area (Å²) in [5, 5.41) is 0. The summed E-state index contributed by atoms with van der Waals surface area (Å²) in [4.78, 5) is 11.7. The van der Waals surface area contributed by atoms with Crippen LogP contribution in [0.15, 0.2) is 53.8 Å². The minimum Gasteiger partial charge on any atom is -0.431 e. The summed E-state index contributed by atoms with van der Waals surface area (Å²) in [6.45, 7) is 6.03. The number of unbranched alkanes of at least 4 members (excludes halogenated alkanes) is 1. The third-order valence-corrected chi connectivity index (χ3v) is 3.17. The fraction of sp³-hybridized carbons (Fsp3) is 0.389. The van der Waals surface area contributed by atoms with Gasteiger partial charge < -0.3 is 4.74 Å². The molecule has 1 rings (SSSR count). The minimum absolute atomic E-state index is 0.199. The van der Waals surface area contributed by atoms with Crippen molar-refractivity contribution in [2.45, 2.75) is 46.5 Å². The summed E-state index contributed by atoms with van der Waals surface area (Å²) in [7, 11) is 0. The summed E-state index contributed by atoms with van der Waals surface area (Å²) < 4.78 is 5.30. The second kappa shape index (κ2) is 9.13. The number of ether oxygens (including phenoxy) is 1. The normalized spacial score (nSPS) is 12.3. The lowest BCUT2D eigenvalue weighted by Crippen LogP contribution is -2.06. The van der Waals surface area contributed by atoms with Crippen LogP contribution in [0.1, 0.15) is 45.6 Å². The molecule has 0 aliphatic rings. The van der Waals surface area contributed by atoms with Crippen LogP contribution < -0.4 is 0 Å². The van der Waals surface area contributed by atoms with Gasteiger partial charge in [0.1, 0.15) is 5.76 Å². The van der Waals surface area contributed by atoms with Crippen molar-refractivity contribution in [2.24, 2.45) is 0 Å². The van der Waals surface area contributed by atoms with Crippen LogP contribution in [0.5, 0.6) is 0 Å². The molecule has 0 fully saturated rings. The molecule has 0 atom stereocenters. The summed E-state index contributed by atoms with van der Waals surface area (Å²) >= 11 is 0. The van der Waals surface area contributed by atoms with E-state index in [0.29, 0.717) is 12.2 Å². The molecule has 0 saturated heterocycles. The van der Waals surface area contributed by atoms with Crippen molar-refractivity contribution >= 4 is 5.97 Å². The van der Waals surface area contributed by atoms with Crippen LogP contribution in [0.3, 0.4) is 0 Å². The van der Waals surface area contributed by atoms with Gasteiger partial charge in [-0.2, -0.15) is 0 Å². The third-order valence-electron chi connectivity index (χ3n) is 3.17. The molecule has 0 amide bonds. The van der Waals surface area contributed by atoms with E-state index in [4.69, 9.17) is 4.74 Å². The van der Waals surface area contributed by atoms with Crippen LogP contribution in [0, 0.1) is 0 Å². The molecule has 0 saturated carbocycles.